The van der Waals surface area contributed by atoms with Gasteiger partial charge in [-0.05, 0) is 63.7 Å². The zero-order valence-corrected chi connectivity index (χ0v) is 12.1. The van der Waals surface area contributed by atoms with E-state index in [4.69, 9.17) is 11.6 Å². The number of rotatable bonds is 2. The average Bonchev–Trinajstić information content (AvgIpc) is 2.43. The number of halogens is 1. The van der Waals surface area contributed by atoms with E-state index in [1.165, 1.54) is 32.7 Å². The molecule has 3 aromatic carbocycles. The van der Waals surface area contributed by atoms with Crippen LogP contribution in [0, 0.1) is 0 Å². The minimum absolute atomic E-state index is 0.905. The van der Waals surface area contributed by atoms with Gasteiger partial charge in [-0.15, -0.1) is 0 Å². The summed E-state index contributed by atoms with van der Waals surface area (Å²) >= 11 is 6.44. The van der Waals surface area contributed by atoms with Gasteiger partial charge in [0.1, 0.15) is 0 Å². The summed E-state index contributed by atoms with van der Waals surface area (Å²) in [6.45, 7) is 4.38. The molecular weight excluding hydrogens is 252 g/mol. The van der Waals surface area contributed by atoms with Crippen LogP contribution >= 0.6 is 11.6 Å². The van der Waals surface area contributed by atoms with Crippen molar-refractivity contribution in [2.45, 2.75) is 26.7 Å². The summed E-state index contributed by atoms with van der Waals surface area (Å²) in [7, 11) is 0. The Morgan fingerprint density at radius 2 is 1.42 bits per heavy atom. The summed E-state index contributed by atoms with van der Waals surface area (Å²) in [6.07, 6.45) is 2.02. The van der Waals surface area contributed by atoms with Gasteiger partial charge in [0.2, 0.25) is 0 Å². The number of benzene rings is 3. The minimum atomic E-state index is 0.905. The summed E-state index contributed by atoms with van der Waals surface area (Å²) in [4.78, 5) is 0. The van der Waals surface area contributed by atoms with Crippen LogP contribution in [0.2, 0.25) is 5.02 Å². The van der Waals surface area contributed by atoms with Gasteiger partial charge < -0.3 is 0 Å². The standard InChI is InChI=1S/C18H17Cl/c1-3-15-16(4-2)18(19)11-14-9-12-7-5-6-8-13(12)10-17(14)15/h5-11H,3-4H2,1-2H3. The zero-order chi connectivity index (χ0) is 13.4. The Labute approximate surface area is 119 Å². The fourth-order valence-corrected chi connectivity index (χ4v) is 3.32. The molecule has 0 aliphatic rings. The Hall–Kier alpha value is -1.53. The lowest BCUT2D eigenvalue weighted by atomic mass is 9.93. The Bertz CT molecular complexity index is 756. The fourth-order valence-electron chi connectivity index (χ4n) is 2.96. The van der Waals surface area contributed by atoms with Crippen LogP contribution in [-0.2, 0) is 12.8 Å². The van der Waals surface area contributed by atoms with E-state index in [-0.39, 0.29) is 0 Å². The van der Waals surface area contributed by atoms with Crippen LogP contribution in [-0.4, -0.2) is 0 Å². The molecule has 0 amide bonds. The van der Waals surface area contributed by atoms with Gasteiger partial charge in [-0.1, -0.05) is 49.7 Å². The minimum Gasteiger partial charge on any atom is -0.0840 e. The van der Waals surface area contributed by atoms with Crippen LogP contribution in [0.5, 0.6) is 0 Å². The van der Waals surface area contributed by atoms with Crippen molar-refractivity contribution in [1.29, 1.82) is 0 Å². The molecule has 0 fully saturated rings. The Morgan fingerprint density at radius 1 is 0.789 bits per heavy atom. The zero-order valence-electron chi connectivity index (χ0n) is 11.3. The second-order valence-electron chi connectivity index (χ2n) is 4.94. The van der Waals surface area contributed by atoms with Crippen molar-refractivity contribution in [2.24, 2.45) is 0 Å². The molecule has 0 unspecified atom stereocenters. The molecule has 0 aliphatic heterocycles. The van der Waals surface area contributed by atoms with Crippen LogP contribution in [0.1, 0.15) is 25.0 Å². The summed E-state index contributed by atoms with van der Waals surface area (Å²) in [5, 5.41) is 6.08. The summed E-state index contributed by atoms with van der Waals surface area (Å²) < 4.78 is 0. The highest BCUT2D eigenvalue weighted by Crippen LogP contribution is 2.33. The molecule has 0 radical (unpaired) electrons. The van der Waals surface area contributed by atoms with E-state index in [2.05, 4.69) is 56.3 Å². The van der Waals surface area contributed by atoms with Crippen molar-refractivity contribution in [1.82, 2.24) is 0 Å². The molecule has 0 N–H and O–H groups in total. The Morgan fingerprint density at radius 3 is 2.05 bits per heavy atom. The van der Waals surface area contributed by atoms with E-state index in [1.807, 2.05) is 0 Å². The van der Waals surface area contributed by atoms with Crippen LogP contribution in [0.3, 0.4) is 0 Å². The molecule has 3 aromatic rings. The summed E-state index contributed by atoms with van der Waals surface area (Å²) in [6, 6.07) is 15.2. The van der Waals surface area contributed by atoms with Gasteiger partial charge in [0, 0.05) is 5.02 Å². The molecule has 0 aromatic heterocycles. The highest BCUT2D eigenvalue weighted by Gasteiger charge is 2.10. The maximum absolute atomic E-state index is 6.44. The summed E-state index contributed by atoms with van der Waals surface area (Å²) in [5.74, 6) is 0. The molecule has 19 heavy (non-hydrogen) atoms. The molecule has 0 heterocycles. The monoisotopic (exact) mass is 268 g/mol. The molecule has 3 rings (SSSR count). The second-order valence-corrected chi connectivity index (χ2v) is 5.35. The SMILES string of the molecule is CCc1c(Cl)cc2cc3ccccc3cc2c1CC. The van der Waals surface area contributed by atoms with Gasteiger partial charge >= 0.3 is 0 Å². The maximum Gasteiger partial charge on any atom is 0.0447 e. The maximum atomic E-state index is 6.44. The quantitative estimate of drug-likeness (QED) is 0.518. The molecular formula is C18H17Cl. The molecule has 0 bridgehead atoms. The first kappa shape index (κ1) is 12.5. The fraction of sp³-hybridized carbons (Fsp3) is 0.222. The van der Waals surface area contributed by atoms with Crippen molar-refractivity contribution in [3.63, 3.8) is 0 Å². The Balaban J connectivity index is 2.46. The first-order valence-corrected chi connectivity index (χ1v) is 7.25. The van der Waals surface area contributed by atoms with E-state index in [9.17, 15) is 0 Å². The third kappa shape index (κ3) is 2.01. The molecule has 0 nitrogen and oxygen atoms in total. The molecule has 0 saturated carbocycles. The highest BCUT2D eigenvalue weighted by molar-refractivity contribution is 6.32. The molecule has 0 atom stereocenters. The van der Waals surface area contributed by atoms with E-state index in [0.717, 1.165) is 17.9 Å². The highest BCUT2D eigenvalue weighted by atomic mass is 35.5. The van der Waals surface area contributed by atoms with Crippen molar-refractivity contribution in [3.05, 3.63) is 58.6 Å². The Kier molecular flexibility index (Phi) is 3.20. The third-order valence-corrected chi connectivity index (χ3v) is 4.22. The predicted molar refractivity (Wildman–Crippen MR) is 85.2 cm³/mol. The normalized spacial score (nSPS) is 11.3. The van der Waals surface area contributed by atoms with Crippen molar-refractivity contribution < 1.29 is 0 Å². The lowest BCUT2D eigenvalue weighted by Gasteiger charge is -2.13. The molecule has 1 heteroatoms. The molecule has 0 saturated heterocycles. The van der Waals surface area contributed by atoms with Crippen molar-refractivity contribution in [2.75, 3.05) is 0 Å². The molecule has 96 valence electrons. The number of fused-ring (bicyclic) bond motifs is 2. The third-order valence-electron chi connectivity index (χ3n) is 3.88. The van der Waals surface area contributed by atoms with Gasteiger partial charge in [0.05, 0.1) is 0 Å². The first-order valence-electron chi connectivity index (χ1n) is 6.87. The number of hydrogen-bond donors (Lipinski definition) is 0. The average molecular weight is 269 g/mol. The molecule has 0 aliphatic carbocycles. The van der Waals surface area contributed by atoms with Gasteiger partial charge in [-0.25, -0.2) is 0 Å². The largest absolute Gasteiger partial charge is 0.0840 e. The predicted octanol–water partition coefficient (Wildman–Crippen LogP) is 5.77. The van der Waals surface area contributed by atoms with Crippen molar-refractivity contribution >= 4 is 33.1 Å². The van der Waals surface area contributed by atoms with Crippen LogP contribution < -0.4 is 0 Å². The van der Waals surface area contributed by atoms with E-state index >= 15 is 0 Å². The topological polar surface area (TPSA) is 0 Å². The lowest BCUT2D eigenvalue weighted by molar-refractivity contribution is 1.05. The van der Waals surface area contributed by atoms with Gasteiger partial charge in [0.25, 0.3) is 0 Å². The molecule has 0 spiro atoms. The summed E-state index contributed by atoms with van der Waals surface area (Å²) in [5.41, 5.74) is 2.70. The van der Waals surface area contributed by atoms with E-state index in [1.54, 1.807) is 0 Å². The van der Waals surface area contributed by atoms with Crippen LogP contribution in [0.25, 0.3) is 21.5 Å². The van der Waals surface area contributed by atoms with Crippen LogP contribution in [0.4, 0.5) is 0 Å². The van der Waals surface area contributed by atoms with Gasteiger partial charge in [-0.2, -0.15) is 0 Å². The smallest absolute Gasteiger partial charge is 0.0447 e. The van der Waals surface area contributed by atoms with Crippen molar-refractivity contribution in [3.8, 4) is 0 Å². The van der Waals surface area contributed by atoms with Crippen LogP contribution in [0.15, 0.2) is 42.5 Å². The van der Waals surface area contributed by atoms with Gasteiger partial charge in [-0.3, -0.25) is 0 Å². The first-order chi connectivity index (χ1) is 9.24. The van der Waals surface area contributed by atoms with Gasteiger partial charge in [0.15, 0.2) is 0 Å². The number of aryl methyl sites for hydroxylation is 1. The second kappa shape index (κ2) is 4.86. The van der Waals surface area contributed by atoms with E-state index < -0.39 is 0 Å². The number of hydrogen-bond acceptors (Lipinski definition) is 0. The van der Waals surface area contributed by atoms with E-state index in [0.29, 0.717) is 0 Å². The lowest BCUT2D eigenvalue weighted by Crippen LogP contribution is -1.94.